The average molecular weight is 641 g/mol. The third-order valence-corrected chi connectivity index (χ3v) is 7.76. The molecule has 2 aromatic carbocycles. The Hall–Kier alpha value is -3.72. The van der Waals surface area contributed by atoms with E-state index in [9.17, 15) is 31.9 Å². The van der Waals surface area contributed by atoms with Gasteiger partial charge in [0.15, 0.2) is 0 Å². The van der Waals surface area contributed by atoms with E-state index in [0.717, 1.165) is 21.0 Å². The molecule has 0 aliphatic carbocycles. The summed E-state index contributed by atoms with van der Waals surface area (Å²) in [7, 11) is 0. The molecule has 2 aliphatic rings. The van der Waals surface area contributed by atoms with E-state index in [-0.39, 0.29) is 44.1 Å². The highest BCUT2D eigenvalue weighted by molar-refractivity contribution is 6.31. The second kappa shape index (κ2) is 14.8. The number of urea groups is 1. The van der Waals surface area contributed by atoms with Gasteiger partial charge in [-0.1, -0.05) is 48.0 Å². The minimum absolute atomic E-state index is 0.0844. The van der Waals surface area contributed by atoms with Gasteiger partial charge in [0.05, 0.1) is 24.2 Å². The molecule has 0 saturated carbocycles. The Morgan fingerprint density at radius 1 is 1.18 bits per heavy atom. The lowest BCUT2D eigenvalue weighted by atomic mass is 10.0. The summed E-state index contributed by atoms with van der Waals surface area (Å²) >= 11 is 6.05. The van der Waals surface area contributed by atoms with E-state index in [4.69, 9.17) is 16.4 Å². The van der Waals surface area contributed by atoms with Crippen molar-refractivity contribution in [3.05, 3.63) is 76.2 Å². The SMILES string of the molecule is CC(=O)N(NCc1cccc(F)c1Cl)[C@@H](CCC(=O)N1CCNC[C@H]1C(F)(F)F)CONC(=O)N1C=Cc2ccccc2C1. The Bertz CT molecular complexity index is 1380. The Kier molecular flexibility index (Phi) is 11.2. The lowest BCUT2D eigenvalue weighted by molar-refractivity contribution is -0.192. The molecule has 4 rings (SSSR count). The maximum Gasteiger partial charge on any atom is 0.410 e. The van der Waals surface area contributed by atoms with Gasteiger partial charge in [-0.3, -0.25) is 24.3 Å². The van der Waals surface area contributed by atoms with E-state index >= 15 is 0 Å². The maximum absolute atomic E-state index is 14.0. The van der Waals surface area contributed by atoms with Crippen molar-refractivity contribution in [3.8, 4) is 0 Å². The van der Waals surface area contributed by atoms with Gasteiger partial charge in [0.1, 0.15) is 11.9 Å². The lowest BCUT2D eigenvalue weighted by Crippen LogP contribution is -2.59. The summed E-state index contributed by atoms with van der Waals surface area (Å²) in [4.78, 5) is 46.1. The van der Waals surface area contributed by atoms with Crippen LogP contribution in [-0.4, -0.2) is 77.2 Å². The van der Waals surface area contributed by atoms with Crippen LogP contribution in [0.2, 0.25) is 5.02 Å². The van der Waals surface area contributed by atoms with Crippen LogP contribution in [0, 0.1) is 5.82 Å². The van der Waals surface area contributed by atoms with E-state index in [1.54, 1.807) is 18.3 Å². The van der Waals surface area contributed by atoms with Gasteiger partial charge in [0.2, 0.25) is 11.8 Å². The first kappa shape index (κ1) is 33.2. The highest BCUT2D eigenvalue weighted by Crippen LogP contribution is 2.27. The van der Waals surface area contributed by atoms with Crippen molar-refractivity contribution in [1.82, 2.24) is 31.0 Å². The summed E-state index contributed by atoms with van der Waals surface area (Å²) in [6, 6.07) is 8.24. The van der Waals surface area contributed by atoms with Crippen molar-refractivity contribution < 1.29 is 36.8 Å². The lowest BCUT2D eigenvalue weighted by Gasteiger charge is -2.38. The zero-order chi connectivity index (χ0) is 31.9. The first-order chi connectivity index (χ1) is 21.0. The van der Waals surface area contributed by atoms with Crippen molar-refractivity contribution in [3.63, 3.8) is 0 Å². The summed E-state index contributed by atoms with van der Waals surface area (Å²) in [5.41, 5.74) is 7.42. The minimum Gasteiger partial charge on any atom is -0.328 e. The monoisotopic (exact) mass is 640 g/mol. The Balaban J connectivity index is 1.44. The summed E-state index contributed by atoms with van der Waals surface area (Å²) in [5, 5.41) is 3.64. The number of hydrogen-bond donors (Lipinski definition) is 3. The molecule has 0 bridgehead atoms. The fourth-order valence-electron chi connectivity index (χ4n) is 5.01. The molecule has 2 aliphatic heterocycles. The van der Waals surface area contributed by atoms with E-state index in [1.165, 1.54) is 24.0 Å². The second-order valence-corrected chi connectivity index (χ2v) is 10.7. The number of alkyl halides is 3. The first-order valence-electron chi connectivity index (χ1n) is 13.9. The molecule has 0 spiro atoms. The number of nitrogens with zero attached hydrogens (tertiary/aromatic N) is 3. The number of fused-ring (bicyclic) bond motifs is 1. The van der Waals surface area contributed by atoms with Gasteiger partial charge < -0.3 is 10.2 Å². The normalized spacial score (nSPS) is 17.2. The molecule has 10 nitrogen and oxygen atoms in total. The van der Waals surface area contributed by atoms with Crippen LogP contribution in [0.1, 0.15) is 36.5 Å². The third-order valence-electron chi connectivity index (χ3n) is 7.33. The smallest absolute Gasteiger partial charge is 0.328 e. The molecule has 0 unspecified atom stereocenters. The number of piperazine rings is 1. The molecule has 44 heavy (non-hydrogen) atoms. The highest BCUT2D eigenvalue weighted by Gasteiger charge is 2.46. The van der Waals surface area contributed by atoms with Crippen molar-refractivity contribution >= 4 is 35.5 Å². The molecular formula is C29H33ClF4N6O4. The molecule has 1 saturated heterocycles. The predicted molar refractivity (Wildman–Crippen MR) is 154 cm³/mol. The third kappa shape index (κ3) is 8.46. The minimum atomic E-state index is -4.61. The van der Waals surface area contributed by atoms with Crippen LogP contribution in [0.25, 0.3) is 6.08 Å². The van der Waals surface area contributed by atoms with Gasteiger partial charge in [-0.25, -0.2) is 20.1 Å². The van der Waals surface area contributed by atoms with Crippen LogP contribution < -0.4 is 16.2 Å². The van der Waals surface area contributed by atoms with E-state index in [2.05, 4.69) is 16.2 Å². The molecular weight excluding hydrogens is 608 g/mol. The molecule has 15 heteroatoms. The fourth-order valence-corrected chi connectivity index (χ4v) is 5.21. The van der Waals surface area contributed by atoms with Crippen molar-refractivity contribution in [2.75, 3.05) is 26.2 Å². The number of amides is 4. The second-order valence-electron chi connectivity index (χ2n) is 10.3. The van der Waals surface area contributed by atoms with Crippen molar-refractivity contribution in [1.29, 1.82) is 0 Å². The van der Waals surface area contributed by atoms with Gasteiger partial charge in [0.25, 0.3) is 0 Å². The van der Waals surface area contributed by atoms with Crippen LogP contribution in [0.15, 0.2) is 48.7 Å². The number of hydrazine groups is 1. The van der Waals surface area contributed by atoms with Gasteiger partial charge >= 0.3 is 12.2 Å². The van der Waals surface area contributed by atoms with Crippen LogP contribution in [0.4, 0.5) is 22.4 Å². The maximum atomic E-state index is 14.0. The molecule has 4 amide bonds. The predicted octanol–water partition coefficient (Wildman–Crippen LogP) is 3.97. The molecule has 0 radical (unpaired) electrons. The quantitative estimate of drug-likeness (QED) is 0.268. The van der Waals surface area contributed by atoms with Crippen LogP contribution in [0.5, 0.6) is 0 Å². The number of hydrogen-bond acceptors (Lipinski definition) is 6. The summed E-state index contributed by atoms with van der Waals surface area (Å²) in [5.74, 6) is -1.91. The van der Waals surface area contributed by atoms with Gasteiger partial charge in [0, 0.05) is 45.7 Å². The summed E-state index contributed by atoms with van der Waals surface area (Å²) in [6.07, 6.45) is -1.70. The molecule has 3 N–H and O–H groups in total. The number of benzene rings is 2. The zero-order valence-electron chi connectivity index (χ0n) is 23.9. The standard InChI is InChI=1S/C29H33ClF4N6O4/c1-19(41)40(36-15-21-7-4-8-24(31)27(21)30)23(9-10-26(42)39-14-12-35-16-25(39)29(32,33)34)18-44-37-28(43)38-13-11-20-5-2-3-6-22(20)17-38/h2-8,11,13,23,25,35-36H,9-10,12,14-18H2,1H3,(H,37,43)/t23-,25-/m0/s1. The summed E-state index contributed by atoms with van der Waals surface area (Å²) in [6.45, 7) is 0.791. The summed E-state index contributed by atoms with van der Waals surface area (Å²) < 4.78 is 54.7. The van der Waals surface area contributed by atoms with Gasteiger partial charge in [-0.15, -0.1) is 0 Å². The Morgan fingerprint density at radius 3 is 2.70 bits per heavy atom. The molecule has 2 aromatic rings. The van der Waals surface area contributed by atoms with E-state index < -0.39 is 48.5 Å². The Morgan fingerprint density at radius 2 is 1.95 bits per heavy atom. The topological polar surface area (TPSA) is 106 Å². The molecule has 238 valence electrons. The number of rotatable bonds is 10. The van der Waals surface area contributed by atoms with Crippen LogP contribution in [0.3, 0.4) is 0 Å². The zero-order valence-corrected chi connectivity index (χ0v) is 24.6. The first-order valence-corrected chi connectivity index (χ1v) is 14.3. The molecule has 1 fully saturated rings. The van der Waals surface area contributed by atoms with Crippen LogP contribution in [-0.2, 0) is 27.5 Å². The molecule has 2 atom stereocenters. The van der Waals surface area contributed by atoms with Gasteiger partial charge in [-0.05, 0) is 35.3 Å². The average Bonchev–Trinajstić information content (AvgIpc) is 3.00. The number of carbonyl (C=O) groups excluding carboxylic acids is 3. The van der Waals surface area contributed by atoms with Gasteiger partial charge in [-0.2, -0.15) is 13.2 Å². The highest BCUT2D eigenvalue weighted by atomic mass is 35.5. The van der Waals surface area contributed by atoms with E-state index in [0.29, 0.717) is 12.1 Å². The number of carbonyl (C=O) groups is 3. The number of nitrogens with one attached hydrogen (secondary N) is 3. The van der Waals surface area contributed by atoms with Crippen molar-refractivity contribution in [2.45, 2.75) is 51.1 Å². The van der Waals surface area contributed by atoms with E-state index in [1.807, 2.05) is 24.3 Å². The number of hydroxylamine groups is 1. The Labute approximate surface area is 256 Å². The number of halogens is 5. The molecule has 0 aromatic heterocycles. The van der Waals surface area contributed by atoms with Crippen molar-refractivity contribution in [2.24, 2.45) is 0 Å². The fraction of sp³-hybridized carbons (Fsp3) is 0.414. The molecule has 2 heterocycles. The van der Waals surface area contributed by atoms with Crippen LogP contribution >= 0.6 is 11.6 Å². The largest absolute Gasteiger partial charge is 0.410 e.